The van der Waals surface area contributed by atoms with Crippen molar-refractivity contribution in [3.63, 3.8) is 0 Å². The van der Waals surface area contributed by atoms with E-state index in [1.54, 1.807) is 13.2 Å². The lowest BCUT2D eigenvalue weighted by Crippen LogP contribution is -1.96. The number of carbonyl (C=O) groups excluding carboxylic acids is 1. The molecule has 0 aliphatic heterocycles. The van der Waals surface area contributed by atoms with Crippen LogP contribution in [-0.4, -0.2) is 13.4 Å². The molecule has 1 aromatic rings. The number of hydrogen-bond acceptors (Lipinski definition) is 3. The number of aldehydes is 1. The molecule has 14 heavy (non-hydrogen) atoms. The van der Waals surface area contributed by atoms with Gasteiger partial charge in [0.25, 0.3) is 0 Å². The Hall–Kier alpha value is -1.82. The first kappa shape index (κ1) is 10.3. The third kappa shape index (κ3) is 1.91. The largest absolute Gasteiger partial charge is 0.496 e. The monoisotopic (exact) mass is 189 g/mol. The lowest BCUT2D eigenvalue weighted by atomic mass is 10.0. The molecule has 0 saturated carbocycles. The summed E-state index contributed by atoms with van der Waals surface area (Å²) < 4.78 is 5.08. The molecule has 0 amide bonds. The van der Waals surface area contributed by atoms with Gasteiger partial charge in [0.2, 0.25) is 0 Å². The van der Waals surface area contributed by atoms with Crippen LogP contribution < -0.4 is 4.74 Å². The molecule has 0 heterocycles. The number of nitriles is 1. The van der Waals surface area contributed by atoms with Gasteiger partial charge in [0.1, 0.15) is 5.75 Å². The maximum Gasteiger partial charge on any atom is 0.150 e. The predicted octanol–water partition coefficient (Wildman–Crippen LogP) is 1.88. The quantitative estimate of drug-likeness (QED) is 0.682. The predicted molar refractivity (Wildman–Crippen MR) is 52.4 cm³/mol. The minimum atomic E-state index is 0.249. The second kappa shape index (κ2) is 4.43. The number of rotatable bonds is 3. The smallest absolute Gasteiger partial charge is 0.150 e. The van der Waals surface area contributed by atoms with Gasteiger partial charge < -0.3 is 4.74 Å². The average molecular weight is 189 g/mol. The topological polar surface area (TPSA) is 50.1 Å². The highest BCUT2D eigenvalue weighted by Crippen LogP contribution is 2.22. The van der Waals surface area contributed by atoms with Crippen molar-refractivity contribution in [3.8, 4) is 11.8 Å². The summed E-state index contributed by atoms with van der Waals surface area (Å²) in [6.45, 7) is 1.88. The van der Waals surface area contributed by atoms with E-state index < -0.39 is 0 Å². The summed E-state index contributed by atoms with van der Waals surface area (Å²) >= 11 is 0. The molecule has 0 aromatic heterocycles. The minimum Gasteiger partial charge on any atom is -0.496 e. The number of carbonyl (C=O) groups is 1. The molecule has 0 saturated heterocycles. The zero-order chi connectivity index (χ0) is 10.6. The zero-order valence-corrected chi connectivity index (χ0v) is 8.20. The first-order valence-electron chi connectivity index (χ1n) is 4.22. The molecule has 0 unspecified atom stereocenters. The van der Waals surface area contributed by atoms with Gasteiger partial charge in [-0.15, -0.1) is 0 Å². The van der Waals surface area contributed by atoms with E-state index in [-0.39, 0.29) is 6.42 Å². The fraction of sp³-hybridized carbons (Fsp3) is 0.273. The van der Waals surface area contributed by atoms with Crippen LogP contribution in [0.15, 0.2) is 12.1 Å². The van der Waals surface area contributed by atoms with Crippen molar-refractivity contribution >= 4 is 6.29 Å². The molecule has 1 rings (SSSR count). The van der Waals surface area contributed by atoms with Crippen LogP contribution in [0.25, 0.3) is 0 Å². The minimum absolute atomic E-state index is 0.249. The van der Waals surface area contributed by atoms with Crippen LogP contribution in [0.3, 0.4) is 0 Å². The van der Waals surface area contributed by atoms with Crippen LogP contribution >= 0.6 is 0 Å². The third-order valence-electron chi connectivity index (χ3n) is 2.05. The van der Waals surface area contributed by atoms with Gasteiger partial charge in [-0.25, -0.2) is 0 Å². The maximum atomic E-state index is 10.7. The normalized spacial score (nSPS) is 9.21. The van der Waals surface area contributed by atoms with Crippen LogP contribution in [-0.2, 0) is 6.42 Å². The van der Waals surface area contributed by atoms with Crippen molar-refractivity contribution < 1.29 is 9.53 Å². The number of aryl methyl sites for hydroxylation is 1. The summed E-state index contributed by atoms with van der Waals surface area (Å²) in [4.78, 5) is 10.7. The molecular formula is C11H11NO2. The van der Waals surface area contributed by atoms with Crippen LogP contribution in [0.5, 0.6) is 5.75 Å². The van der Waals surface area contributed by atoms with Gasteiger partial charge in [-0.1, -0.05) is 6.07 Å². The van der Waals surface area contributed by atoms with Crippen LogP contribution in [0, 0.1) is 18.3 Å². The van der Waals surface area contributed by atoms with Gasteiger partial charge in [0.05, 0.1) is 19.6 Å². The Morgan fingerprint density at radius 1 is 1.57 bits per heavy atom. The number of ether oxygens (including phenoxy) is 1. The van der Waals surface area contributed by atoms with E-state index in [0.717, 1.165) is 17.4 Å². The van der Waals surface area contributed by atoms with Crippen molar-refractivity contribution in [3.05, 3.63) is 28.8 Å². The Morgan fingerprint density at radius 3 is 2.79 bits per heavy atom. The third-order valence-corrected chi connectivity index (χ3v) is 2.05. The number of benzene rings is 1. The van der Waals surface area contributed by atoms with E-state index in [2.05, 4.69) is 0 Å². The summed E-state index contributed by atoms with van der Waals surface area (Å²) in [7, 11) is 1.56. The first-order valence-corrected chi connectivity index (χ1v) is 4.22. The summed E-state index contributed by atoms with van der Waals surface area (Å²) in [5, 5.41) is 8.56. The van der Waals surface area contributed by atoms with Crippen LogP contribution in [0.2, 0.25) is 0 Å². The molecule has 72 valence electrons. The molecule has 0 aliphatic rings. The fourth-order valence-corrected chi connectivity index (χ4v) is 1.33. The fourth-order valence-electron chi connectivity index (χ4n) is 1.33. The van der Waals surface area contributed by atoms with E-state index >= 15 is 0 Å². The van der Waals surface area contributed by atoms with E-state index in [1.165, 1.54) is 0 Å². The first-order chi connectivity index (χ1) is 6.72. The van der Waals surface area contributed by atoms with Crippen LogP contribution in [0.4, 0.5) is 0 Å². The van der Waals surface area contributed by atoms with Gasteiger partial charge >= 0.3 is 0 Å². The molecule has 0 N–H and O–H groups in total. The van der Waals surface area contributed by atoms with Gasteiger partial charge in [0.15, 0.2) is 6.29 Å². The lowest BCUT2D eigenvalue weighted by molar-refractivity contribution is 0.112. The Kier molecular flexibility index (Phi) is 3.24. The SMILES string of the molecule is COc1cc(C=O)c(CC#N)cc1C. The molecule has 3 heteroatoms. The highest BCUT2D eigenvalue weighted by Gasteiger charge is 2.06. The highest BCUT2D eigenvalue weighted by atomic mass is 16.5. The number of methoxy groups -OCH3 is 1. The van der Waals surface area contributed by atoms with Gasteiger partial charge in [-0.2, -0.15) is 5.26 Å². The molecule has 3 nitrogen and oxygen atoms in total. The summed E-state index contributed by atoms with van der Waals surface area (Å²) in [5.74, 6) is 0.675. The van der Waals surface area contributed by atoms with Crippen molar-refractivity contribution in [2.75, 3.05) is 7.11 Å². The van der Waals surface area contributed by atoms with E-state index in [1.807, 2.05) is 19.1 Å². The molecule has 1 aromatic carbocycles. The average Bonchev–Trinajstić information content (AvgIpc) is 2.19. The lowest BCUT2D eigenvalue weighted by Gasteiger charge is -2.07. The van der Waals surface area contributed by atoms with Crippen molar-refractivity contribution in [1.82, 2.24) is 0 Å². The second-order valence-corrected chi connectivity index (χ2v) is 2.97. The van der Waals surface area contributed by atoms with Gasteiger partial charge in [-0.3, -0.25) is 4.79 Å². The van der Waals surface area contributed by atoms with Gasteiger partial charge in [0, 0.05) is 5.56 Å². The Bertz CT molecular complexity index is 391. The Labute approximate surface area is 82.9 Å². The van der Waals surface area contributed by atoms with E-state index in [0.29, 0.717) is 11.3 Å². The van der Waals surface area contributed by atoms with Crippen molar-refractivity contribution in [2.45, 2.75) is 13.3 Å². The second-order valence-electron chi connectivity index (χ2n) is 2.97. The molecule has 0 radical (unpaired) electrons. The maximum absolute atomic E-state index is 10.7. The molecule has 0 fully saturated rings. The Balaban J connectivity index is 3.25. The highest BCUT2D eigenvalue weighted by molar-refractivity contribution is 5.78. The van der Waals surface area contributed by atoms with E-state index in [4.69, 9.17) is 10.00 Å². The number of hydrogen-bond donors (Lipinski definition) is 0. The standard InChI is InChI=1S/C11H11NO2/c1-8-5-9(3-4-12)10(7-13)6-11(8)14-2/h5-7H,3H2,1-2H3. The summed E-state index contributed by atoms with van der Waals surface area (Å²) in [6, 6.07) is 5.50. The van der Waals surface area contributed by atoms with Crippen molar-refractivity contribution in [2.24, 2.45) is 0 Å². The van der Waals surface area contributed by atoms with Crippen LogP contribution in [0.1, 0.15) is 21.5 Å². The molecule has 0 spiro atoms. The molecule has 0 atom stereocenters. The molecule has 0 aliphatic carbocycles. The molecular weight excluding hydrogens is 178 g/mol. The van der Waals surface area contributed by atoms with Crippen molar-refractivity contribution in [1.29, 1.82) is 5.26 Å². The van der Waals surface area contributed by atoms with E-state index in [9.17, 15) is 4.79 Å². The number of nitrogens with zero attached hydrogens (tertiary/aromatic N) is 1. The molecule has 0 bridgehead atoms. The summed E-state index contributed by atoms with van der Waals surface area (Å²) in [5.41, 5.74) is 2.21. The zero-order valence-electron chi connectivity index (χ0n) is 8.20. The Morgan fingerprint density at radius 2 is 2.29 bits per heavy atom. The van der Waals surface area contributed by atoms with Gasteiger partial charge in [-0.05, 0) is 24.1 Å². The summed E-state index contributed by atoms with van der Waals surface area (Å²) in [6.07, 6.45) is 0.994.